The summed E-state index contributed by atoms with van der Waals surface area (Å²) in [6.45, 7) is 0.433. The van der Waals surface area contributed by atoms with Crippen molar-refractivity contribution < 1.29 is 14.4 Å². The van der Waals surface area contributed by atoms with E-state index in [1.807, 2.05) is 0 Å². The number of nitrogens with one attached hydrogen (secondary N) is 1. The van der Waals surface area contributed by atoms with Crippen LogP contribution in [0.1, 0.15) is 5.69 Å². The molecule has 0 bridgehead atoms. The zero-order chi connectivity index (χ0) is 13.2. The first-order valence-electron chi connectivity index (χ1n) is 5.32. The molecule has 2 heterocycles. The SMILES string of the molecule is O=[N+]([O-])c1cc2c(cc1NCc1csnn1)OCO2. The van der Waals surface area contributed by atoms with E-state index in [4.69, 9.17) is 9.47 Å². The Morgan fingerprint density at radius 3 is 2.89 bits per heavy atom. The number of nitrogens with zero attached hydrogens (tertiary/aromatic N) is 3. The Morgan fingerprint density at radius 2 is 2.21 bits per heavy atom. The largest absolute Gasteiger partial charge is 0.454 e. The fraction of sp³-hybridized carbons (Fsp3) is 0.200. The summed E-state index contributed by atoms with van der Waals surface area (Å²) in [4.78, 5) is 10.6. The smallest absolute Gasteiger partial charge is 0.296 e. The highest BCUT2D eigenvalue weighted by atomic mass is 32.1. The second-order valence-corrected chi connectivity index (χ2v) is 4.34. The molecule has 1 aliphatic heterocycles. The molecule has 0 aliphatic carbocycles. The van der Waals surface area contributed by atoms with Crippen LogP contribution in [0.5, 0.6) is 11.5 Å². The van der Waals surface area contributed by atoms with Gasteiger partial charge in [0, 0.05) is 11.4 Å². The Kier molecular flexibility index (Phi) is 2.88. The summed E-state index contributed by atoms with van der Waals surface area (Å²) in [7, 11) is 0. The number of nitro groups is 1. The second-order valence-electron chi connectivity index (χ2n) is 3.73. The molecule has 1 aromatic heterocycles. The average Bonchev–Trinajstić information content (AvgIpc) is 3.05. The molecule has 19 heavy (non-hydrogen) atoms. The van der Waals surface area contributed by atoms with E-state index < -0.39 is 4.92 Å². The Morgan fingerprint density at radius 1 is 1.42 bits per heavy atom. The van der Waals surface area contributed by atoms with Crippen molar-refractivity contribution in [1.82, 2.24) is 9.59 Å². The molecule has 0 saturated carbocycles. The van der Waals surface area contributed by atoms with Crippen molar-refractivity contribution in [1.29, 1.82) is 0 Å². The van der Waals surface area contributed by atoms with Gasteiger partial charge in [-0.2, -0.15) is 0 Å². The third-order valence-electron chi connectivity index (χ3n) is 2.55. The van der Waals surface area contributed by atoms with Gasteiger partial charge in [0.05, 0.1) is 23.2 Å². The molecule has 0 unspecified atom stereocenters. The Balaban J connectivity index is 1.88. The van der Waals surface area contributed by atoms with Crippen LogP contribution in [0.4, 0.5) is 11.4 Å². The predicted molar refractivity (Wildman–Crippen MR) is 66.5 cm³/mol. The third-order valence-corrected chi connectivity index (χ3v) is 3.11. The maximum absolute atomic E-state index is 11.0. The van der Waals surface area contributed by atoms with Crippen molar-refractivity contribution in [3.63, 3.8) is 0 Å². The summed E-state index contributed by atoms with van der Waals surface area (Å²) < 4.78 is 14.0. The molecule has 0 atom stereocenters. The minimum absolute atomic E-state index is 0.0626. The number of nitro benzene ring substituents is 1. The standard InChI is InChI=1S/C10H8N4O4S/c15-14(16)8-2-10-9(17-5-18-10)1-7(8)11-3-6-4-19-13-12-6/h1-2,4,11H,3,5H2. The van der Waals surface area contributed by atoms with Gasteiger partial charge < -0.3 is 14.8 Å². The third kappa shape index (κ3) is 2.27. The van der Waals surface area contributed by atoms with Crippen LogP contribution in [-0.4, -0.2) is 21.3 Å². The predicted octanol–water partition coefficient (Wildman–Crippen LogP) is 1.79. The van der Waals surface area contributed by atoms with Crippen LogP contribution in [0, 0.1) is 10.1 Å². The first kappa shape index (κ1) is 11.7. The van der Waals surface area contributed by atoms with Gasteiger partial charge in [-0.25, -0.2) is 0 Å². The van der Waals surface area contributed by atoms with Crippen molar-refractivity contribution in [3.8, 4) is 11.5 Å². The highest BCUT2D eigenvalue weighted by molar-refractivity contribution is 7.03. The van der Waals surface area contributed by atoms with E-state index >= 15 is 0 Å². The molecule has 0 fully saturated rings. The van der Waals surface area contributed by atoms with Gasteiger partial charge in [0.1, 0.15) is 5.69 Å². The molecule has 8 nitrogen and oxygen atoms in total. The number of fused-ring (bicyclic) bond motifs is 1. The van der Waals surface area contributed by atoms with Crippen molar-refractivity contribution in [2.75, 3.05) is 12.1 Å². The summed E-state index contributed by atoms with van der Waals surface area (Å²) in [5, 5.41) is 19.6. The summed E-state index contributed by atoms with van der Waals surface area (Å²) in [5.41, 5.74) is 1.02. The van der Waals surface area contributed by atoms with Crippen molar-refractivity contribution in [2.45, 2.75) is 6.54 Å². The van der Waals surface area contributed by atoms with E-state index in [9.17, 15) is 10.1 Å². The minimum atomic E-state index is -0.469. The fourth-order valence-corrected chi connectivity index (χ4v) is 2.12. The molecule has 2 aromatic rings. The highest BCUT2D eigenvalue weighted by Gasteiger charge is 2.23. The van der Waals surface area contributed by atoms with Crippen LogP contribution >= 0.6 is 11.5 Å². The van der Waals surface area contributed by atoms with E-state index in [1.165, 1.54) is 17.6 Å². The lowest BCUT2D eigenvalue weighted by atomic mass is 10.2. The normalized spacial score (nSPS) is 12.4. The number of hydrogen-bond donors (Lipinski definition) is 1. The molecule has 98 valence electrons. The second kappa shape index (κ2) is 4.69. The summed E-state index contributed by atoms with van der Waals surface area (Å²) in [6, 6.07) is 2.91. The van der Waals surface area contributed by atoms with E-state index in [1.54, 1.807) is 11.4 Å². The van der Waals surface area contributed by atoms with Crippen LogP contribution in [-0.2, 0) is 6.54 Å². The highest BCUT2D eigenvalue weighted by Crippen LogP contribution is 2.40. The molecule has 0 radical (unpaired) electrons. The van der Waals surface area contributed by atoms with Gasteiger partial charge in [0.2, 0.25) is 6.79 Å². The molecule has 1 aromatic carbocycles. The van der Waals surface area contributed by atoms with Gasteiger partial charge >= 0.3 is 0 Å². The van der Waals surface area contributed by atoms with Crippen LogP contribution < -0.4 is 14.8 Å². The van der Waals surface area contributed by atoms with Gasteiger partial charge in [0.25, 0.3) is 5.69 Å². The van der Waals surface area contributed by atoms with Gasteiger partial charge in [-0.1, -0.05) is 4.49 Å². The maximum atomic E-state index is 11.0. The molecule has 1 N–H and O–H groups in total. The summed E-state index contributed by atoms with van der Waals surface area (Å²) in [5.74, 6) is 0.872. The number of ether oxygens (including phenoxy) is 2. The first-order valence-corrected chi connectivity index (χ1v) is 6.15. The number of aromatic nitrogens is 2. The van der Waals surface area contributed by atoms with Gasteiger partial charge in [-0.3, -0.25) is 10.1 Å². The van der Waals surface area contributed by atoms with Gasteiger partial charge in [-0.05, 0) is 11.5 Å². The maximum Gasteiger partial charge on any atom is 0.296 e. The van der Waals surface area contributed by atoms with Crippen LogP contribution in [0.3, 0.4) is 0 Å². The molecule has 1 aliphatic rings. The Bertz CT molecular complexity index is 616. The first-order chi connectivity index (χ1) is 9.24. The Hall–Kier alpha value is -2.42. The molecular weight excluding hydrogens is 272 g/mol. The van der Waals surface area contributed by atoms with E-state index in [0.29, 0.717) is 23.7 Å². The summed E-state index contributed by atoms with van der Waals surface area (Å²) in [6.07, 6.45) is 0. The molecule has 9 heteroatoms. The molecule has 0 saturated heterocycles. The summed E-state index contributed by atoms with van der Waals surface area (Å²) >= 11 is 1.23. The van der Waals surface area contributed by atoms with E-state index in [-0.39, 0.29) is 12.5 Å². The van der Waals surface area contributed by atoms with Crippen LogP contribution in [0.25, 0.3) is 0 Å². The molecule has 0 amide bonds. The van der Waals surface area contributed by atoms with E-state index in [2.05, 4.69) is 14.9 Å². The quantitative estimate of drug-likeness (QED) is 0.673. The zero-order valence-electron chi connectivity index (χ0n) is 9.53. The lowest BCUT2D eigenvalue weighted by Crippen LogP contribution is -2.03. The van der Waals surface area contributed by atoms with Crippen molar-refractivity contribution in [3.05, 3.63) is 33.3 Å². The average molecular weight is 280 g/mol. The number of benzene rings is 1. The van der Waals surface area contributed by atoms with Crippen molar-refractivity contribution >= 4 is 22.9 Å². The van der Waals surface area contributed by atoms with Gasteiger partial charge in [-0.15, -0.1) is 5.10 Å². The topological polar surface area (TPSA) is 99.4 Å². The zero-order valence-corrected chi connectivity index (χ0v) is 10.3. The number of rotatable bonds is 4. The molecule has 0 spiro atoms. The number of hydrogen-bond acceptors (Lipinski definition) is 8. The van der Waals surface area contributed by atoms with Crippen LogP contribution in [0.2, 0.25) is 0 Å². The van der Waals surface area contributed by atoms with Crippen LogP contribution in [0.15, 0.2) is 17.5 Å². The molecular formula is C10H8N4O4S. The van der Waals surface area contributed by atoms with E-state index in [0.717, 1.165) is 5.69 Å². The Labute approximate surface area is 111 Å². The van der Waals surface area contributed by atoms with Crippen molar-refractivity contribution in [2.24, 2.45) is 0 Å². The minimum Gasteiger partial charge on any atom is -0.454 e. The lowest BCUT2D eigenvalue weighted by molar-refractivity contribution is -0.384. The number of anilines is 1. The molecule has 3 rings (SSSR count). The van der Waals surface area contributed by atoms with Gasteiger partial charge in [0.15, 0.2) is 11.5 Å². The monoisotopic (exact) mass is 280 g/mol. The fourth-order valence-electron chi connectivity index (χ4n) is 1.67. The lowest BCUT2D eigenvalue weighted by Gasteiger charge is -2.06.